The van der Waals surface area contributed by atoms with E-state index >= 15 is 0 Å². The second-order valence-corrected chi connectivity index (χ2v) is 6.42. The fraction of sp³-hybridized carbons (Fsp3) is 0.867. The molecule has 0 spiro atoms. The van der Waals surface area contributed by atoms with E-state index in [0.29, 0.717) is 19.5 Å². The molecule has 2 unspecified atom stereocenters. The molecule has 2 aliphatic rings. The minimum atomic E-state index is -0.378. The number of aliphatic hydroxyl groups is 1. The molecule has 1 saturated heterocycles. The van der Waals surface area contributed by atoms with Gasteiger partial charge in [0.1, 0.15) is 0 Å². The van der Waals surface area contributed by atoms with Crippen molar-refractivity contribution in [1.82, 2.24) is 15.5 Å². The van der Waals surface area contributed by atoms with Crippen LogP contribution in [-0.4, -0.2) is 53.7 Å². The van der Waals surface area contributed by atoms with Crippen molar-refractivity contribution < 1.29 is 14.7 Å². The first kappa shape index (κ1) is 16.2. The van der Waals surface area contributed by atoms with Gasteiger partial charge in [0.15, 0.2) is 0 Å². The molecule has 1 aliphatic heterocycles. The van der Waals surface area contributed by atoms with Gasteiger partial charge in [0, 0.05) is 19.1 Å². The first-order valence-electron chi connectivity index (χ1n) is 8.05. The topological polar surface area (TPSA) is 81.7 Å². The Hall–Kier alpha value is -1.14. The summed E-state index contributed by atoms with van der Waals surface area (Å²) in [5.74, 6) is -0.102. The quantitative estimate of drug-likeness (QED) is 0.721. The monoisotopic (exact) mass is 297 g/mol. The third-order valence-electron chi connectivity index (χ3n) is 4.50. The second kappa shape index (κ2) is 7.75. The maximum Gasteiger partial charge on any atom is 0.321 e. The number of hydrogen-bond donors (Lipinski definition) is 3. The average molecular weight is 297 g/mol. The zero-order valence-corrected chi connectivity index (χ0v) is 12.8. The van der Waals surface area contributed by atoms with Crippen LogP contribution in [0.3, 0.4) is 0 Å². The minimum Gasteiger partial charge on any atom is -0.393 e. The lowest BCUT2D eigenvalue weighted by Crippen LogP contribution is -2.50. The summed E-state index contributed by atoms with van der Waals surface area (Å²) in [4.78, 5) is 25.6. The summed E-state index contributed by atoms with van der Waals surface area (Å²) in [5, 5.41) is 14.9. The van der Waals surface area contributed by atoms with Crippen molar-refractivity contribution in [1.29, 1.82) is 0 Å². The summed E-state index contributed by atoms with van der Waals surface area (Å²) in [6, 6.07) is -0.173. The van der Waals surface area contributed by atoms with Crippen LogP contribution >= 0.6 is 0 Å². The average Bonchev–Trinajstić information content (AvgIpc) is 2.43. The summed E-state index contributed by atoms with van der Waals surface area (Å²) in [7, 11) is 0. The van der Waals surface area contributed by atoms with Crippen LogP contribution in [0.4, 0.5) is 4.79 Å². The minimum absolute atomic E-state index is 0.169. The van der Waals surface area contributed by atoms with E-state index in [-0.39, 0.29) is 36.5 Å². The summed E-state index contributed by atoms with van der Waals surface area (Å²) in [6.07, 6.45) is 5.94. The van der Waals surface area contributed by atoms with Crippen molar-refractivity contribution in [3.05, 3.63) is 0 Å². The molecule has 120 valence electrons. The predicted octanol–water partition coefficient (Wildman–Crippen LogP) is 0.848. The lowest BCUT2D eigenvalue weighted by Gasteiger charge is -2.33. The van der Waals surface area contributed by atoms with Crippen LogP contribution in [-0.2, 0) is 4.79 Å². The molecule has 6 nitrogen and oxygen atoms in total. The number of carbonyl (C=O) groups is 2. The standard InChI is InChI=1S/C15H27N3O3/c1-11-9-18(8-7-13(11)19)10-14(20)17-15(21)16-12-5-3-2-4-6-12/h11-13,19H,2-10H2,1H3,(H2,16,17,20,21). The number of nitrogens with one attached hydrogen (secondary N) is 2. The van der Waals surface area contributed by atoms with Gasteiger partial charge in [-0.2, -0.15) is 0 Å². The molecule has 0 aromatic rings. The molecule has 2 rings (SSSR count). The maximum absolute atomic E-state index is 11.9. The third-order valence-corrected chi connectivity index (χ3v) is 4.50. The molecule has 2 fully saturated rings. The lowest BCUT2D eigenvalue weighted by atomic mass is 9.96. The SMILES string of the molecule is CC1CN(CC(=O)NC(=O)NC2CCCCC2)CCC1O. The third kappa shape index (κ3) is 5.28. The summed E-state index contributed by atoms with van der Waals surface area (Å²) >= 11 is 0. The molecule has 3 amide bonds. The molecule has 0 aromatic heterocycles. The largest absolute Gasteiger partial charge is 0.393 e. The van der Waals surface area contributed by atoms with Gasteiger partial charge in [-0.15, -0.1) is 0 Å². The van der Waals surface area contributed by atoms with Crippen molar-refractivity contribution in [2.24, 2.45) is 5.92 Å². The van der Waals surface area contributed by atoms with Crippen molar-refractivity contribution in [2.45, 2.75) is 57.6 Å². The van der Waals surface area contributed by atoms with E-state index in [1.807, 2.05) is 11.8 Å². The Labute approximate surface area is 126 Å². The number of likely N-dealkylation sites (tertiary alicyclic amines) is 1. The molecule has 3 N–H and O–H groups in total. The normalized spacial score (nSPS) is 28.1. The van der Waals surface area contributed by atoms with E-state index in [2.05, 4.69) is 10.6 Å². The highest BCUT2D eigenvalue weighted by Gasteiger charge is 2.26. The highest BCUT2D eigenvalue weighted by atomic mass is 16.3. The van der Waals surface area contributed by atoms with Gasteiger partial charge in [-0.05, 0) is 25.2 Å². The molecule has 21 heavy (non-hydrogen) atoms. The molecule has 1 heterocycles. The molecule has 2 atom stereocenters. The van der Waals surface area contributed by atoms with Gasteiger partial charge >= 0.3 is 6.03 Å². The molecular weight excluding hydrogens is 270 g/mol. The second-order valence-electron chi connectivity index (χ2n) is 6.42. The first-order chi connectivity index (χ1) is 10.0. The Morgan fingerprint density at radius 2 is 1.90 bits per heavy atom. The fourth-order valence-electron chi connectivity index (χ4n) is 3.20. The molecule has 0 aromatic carbocycles. The molecule has 0 radical (unpaired) electrons. The number of rotatable bonds is 3. The van der Waals surface area contributed by atoms with Crippen molar-refractivity contribution in [2.75, 3.05) is 19.6 Å². The van der Waals surface area contributed by atoms with E-state index in [4.69, 9.17) is 0 Å². The van der Waals surface area contributed by atoms with Gasteiger partial charge < -0.3 is 10.4 Å². The Bertz CT molecular complexity index is 369. The number of aliphatic hydroxyl groups excluding tert-OH is 1. The summed E-state index contributed by atoms with van der Waals surface area (Å²) < 4.78 is 0. The van der Waals surface area contributed by atoms with Gasteiger partial charge in [0.05, 0.1) is 12.6 Å². The number of piperidine rings is 1. The van der Waals surface area contributed by atoms with Crippen molar-refractivity contribution in [3.8, 4) is 0 Å². The van der Waals surface area contributed by atoms with Crippen LogP contribution in [0.2, 0.25) is 0 Å². The van der Waals surface area contributed by atoms with Crippen LogP contribution in [0.15, 0.2) is 0 Å². The first-order valence-corrected chi connectivity index (χ1v) is 8.05. The van der Waals surface area contributed by atoms with E-state index in [9.17, 15) is 14.7 Å². The summed E-state index contributed by atoms with van der Waals surface area (Å²) in [5.41, 5.74) is 0. The summed E-state index contributed by atoms with van der Waals surface area (Å²) in [6.45, 7) is 3.58. The van der Waals surface area contributed by atoms with Crippen LogP contribution in [0, 0.1) is 5.92 Å². The van der Waals surface area contributed by atoms with Crippen molar-refractivity contribution in [3.63, 3.8) is 0 Å². The molecular formula is C15H27N3O3. The van der Waals surface area contributed by atoms with Crippen molar-refractivity contribution >= 4 is 11.9 Å². The van der Waals surface area contributed by atoms with Crippen LogP contribution in [0.5, 0.6) is 0 Å². The predicted molar refractivity (Wildman–Crippen MR) is 79.8 cm³/mol. The van der Waals surface area contributed by atoms with Gasteiger partial charge in [0.2, 0.25) is 5.91 Å². The highest BCUT2D eigenvalue weighted by molar-refractivity contribution is 5.95. The Morgan fingerprint density at radius 3 is 2.57 bits per heavy atom. The zero-order chi connectivity index (χ0) is 15.2. The molecule has 1 saturated carbocycles. The smallest absolute Gasteiger partial charge is 0.321 e. The van der Waals surface area contributed by atoms with Crippen LogP contribution in [0.1, 0.15) is 45.4 Å². The molecule has 6 heteroatoms. The number of urea groups is 1. The molecule has 1 aliphatic carbocycles. The number of amides is 3. The Morgan fingerprint density at radius 1 is 1.19 bits per heavy atom. The number of nitrogens with zero attached hydrogens (tertiary/aromatic N) is 1. The van der Waals surface area contributed by atoms with Gasteiger partial charge in [-0.25, -0.2) is 4.79 Å². The molecule has 0 bridgehead atoms. The van der Waals surface area contributed by atoms with E-state index in [1.165, 1.54) is 6.42 Å². The Kier molecular flexibility index (Phi) is 5.99. The lowest BCUT2D eigenvalue weighted by molar-refractivity contribution is -0.122. The zero-order valence-electron chi connectivity index (χ0n) is 12.8. The Balaban J connectivity index is 1.67. The van der Waals surface area contributed by atoms with E-state index in [0.717, 1.165) is 25.7 Å². The number of imide groups is 1. The van der Waals surface area contributed by atoms with Gasteiger partial charge in [0.25, 0.3) is 0 Å². The van der Waals surface area contributed by atoms with E-state index in [1.54, 1.807) is 0 Å². The maximum atomic E-state index is 11.9. The van der Waals surface area contributed by atoms with Gasteiger partial charge in [-0.3, -0.25) is 15.0 Å². The van der Waals surface area contributed by atoms with E-state index < -0.39 is 0 Å². The van der Waals surface area contributed by atoms with Crippen LogP contribution in [0.25, 0.3) is 0 Å². The highest BCUT2D eigenvalue weighted by Crippen LogP contribution is 2.17. The number of carbonyl (C=O) groups excluding carboxylic acids is 2. The van der Waals surface area contributed by atoms with Gasteiger partial charge in [-0.1, -0.05) is 26.2 Å². The number of hydrogen-bond acceptors (Lipinski definition) is 4. The van der Waals surface area contributed by atoms with Crippen LogP contribution < -0.4 is 10.6 Å². The fourth-order valence-corrected chi connectivity index (χ4v) is 3.20.